The molecule has 0 aliphatic carbocycles. The lowest BCUT2D eigenvalue weighted by Gasteiger charge is -2.35. The van der Waals surface area contributed by atoms with Crippen LogP contribution >= 0.6 is 0 Å². The summed E-state index contributed by atoms with van der Waals surface area (Å²) in [7, 11) is 3.58. The van der Waals surface area contributed by atoms with Crippen molar-refractivity contribution in [3.8, 4) is 5.75 Å². The third-order valence-electron chi connectivity index (χ3n) is 4.99. The number of carbonyl (C=O) groups is 1. The van der Waals surface area contributed by atoms with Crippen molar-refractivity contribution >= 4 is 17.7 Å². The smallest absolute Gasteiger partial charge is 0.246 e. The Morgan fingerprint density at radius 1 is 1.12 bits per heavy atom. The number of benzene rings is 1. The maximum absolute atomic E-state index is 12.5. The highest BCUT2D eigenvalue weighted by atomic mass is 16.5. The van der Waals surface area contributed by atoms with Gasteiger partial charge in [0.25, 0.3) is 0 Å². The van der Waals surface area contributed by atoms with E-state index in [1.807, 2.05) is 48.7 Å². The molecule has 6 heteroatoms. The first kappa shape index (κ1) is 18.0. The number of hydrogen-bond acceptors (Lipinski definition) is 4. The van der Waals surface area contributed by atoms with Crippen LogP contribution in [-0.4, -0.2) is 53.9 Å². The van der Waals surface area contributed by atoms with E-state index in [1.165, 1.54) is 0 Å². The van der Waals surface area contributed by atoms with Crippen molar-refractivity contribution in [3.63, 3.8) is 0 Å². The van der Waals surface area contributed by atoms with Crippen molar-refractivity contribution < 1.29 is 9.53 Å². The normalized spacial score (nSPS) is 14.9. The molecular formula is C20H26N4O2. The summed E-state index contributed by atoms with van der Waals surface area (Å²) in [4.78, 5) is 16.7. The molecule has 1 amide bonds. The zero-order chi connectivity index (χ0) is 18.7. The standard InChI is InChI=1S/C20H26N4O2/c1-15-19(16(2)22(3)21-15)9-10-20(25)24-13-11-23(12-14-24)17-5-7-18(26-4)8-6-17/h5-10H,11-14H2,1-4H3/b10-9+. The van der Waals surface area contributed by atoms with Crippen molar-refractivity contribution in [1.82, 2.24) is 14.7 Å². The van der Waals surface area contributed by atoms with Gasteiger partial charge < -0.3 is 14.5 Å². The van der Waals surface area contributed by atoms with Crippen LogP contribution in [0.1, 0.15) is 17.0 Å². The minimum absolute atomic E-state index is 0.0574. The van der Waals surface area contributed by atoms with Gasteiger partial charge in [0.05, 0.1) is 12.8 Å². The molecule has 6 nitrogen and oxygen atoms in total. The molecule has 0 bridgehead atoms. The van der Waals surface area contributed by atoms with Crippen LogP contribution in [0.15, 0.2) is 30.3 Å². The fourth-order valence-corrected chi connectivity index (χ4v) is 3.27. The lowest BCUT2D eigenvalue weighted by molar-refractivity contribution is -0.126. The van der Waals surface area contributed by atoms with E-state index < -0.39 is 0 Å². The molecule has 0 saturated carbocycles. The highest BCUT2D eigenvalue weighted by molar-refractivity contribution is 5.92. The monoisotopic (exact) mass is 354 g/mol. The van der Waals surface area contributed by atoms with Gasteiger partial charge in [-0.15, -0.1) is 0 Å². The van der Waals surface area contributed by atoms with Crippen LogP contribution < -0.4 is 9.64 Å². The molecule has 1 aromatic carbocycles. The number of rotatable bonds is 4. The largest absolute Gasteiger partial charge is 0.497 e. The van der Waals surface area contributed by atoms with Gasteiger partial charge in [-0.05, 0) is 44.2 Å². The summed E-state index contributed by atoms with van der Waals surface area (Å²) in [5, 5.41) is 4.38. The van der Waals surface area contributed by atoms with Crippen LogP contribution in [0.5, 0.6) is 5.75 Å². The number of carbonyl (C=O) groups excluding carboxylic acids is 1. The number of anilines is 1. The Hall–Kier alpha value is -2.76. The second-order valence-corrected chi connectivity index (χ2v) is 6.55. The van der Waals surface area contributed by atoms with Crippen LogP contribution in [0, 0.1) is 13.8 Å². The third-order valence-corrected chi connectivity index (χ3v) is 4.99. The number of amides is 1. The van der Waals surface area contributed by atoms with Gasteiger partial charge in [-0.2, -0.15) is 5.10 Å². The SMILES string of the molecule is COc1ccc(N2CCN(C(=O)/C=C/c3c(C)nn(C)c3C)CC2)cc1. The lowest BCUT2D eigenvalue weighted by atomic mass is 10.1. The predicted octanol–water partition coefficient (Wildman–Crippen LogP) is 2.41. The van der Waals surface area contributed by atoms with Crippen LogP contribution in [0.2, 0.25) is 0 Å². The van der Waals surface area contributed by atoms with E-state index in [-0.39, 0.29) is 5.91 Å². The van der Waals surface area contributed by atoms with E-state index in [4.69, 9.17) is 4.74 Å². The van der Waals surface area contributed by atoms with E-state index >= 15 is 0 Å². The Kier molecular flexibility index (Phi) is 5.30. The molecule has 1 aliphatic heterocycles. The van der Waals surface area contributed by atoms with Crippen molar-refractivity contribution in [2.75, 3.05) is 38.2 Å². The maximum atomic E-state index is 12.5. The highest BCUT2D eigenvalue weighted by Crippen LogP contribution is 2.21. The second kappa shape index (κ2) is 7.64. The van der Waals surface area contributed by atoms with E-state index in [1.54, 1.807) is 13.2 Å². The Labute approximate surface area is 154 Å². The first-order valence-corrected chi connectivity index (χ1v) is 8.86. The Morgan fingerprint density at radius 3 is 2.31 bits per heavy atom. The van der Waals surface area contributed by atoms with Crippen molar-refractivity contribution in [3.05, 3.63) is 47.3 Å². The molecule has 1 saturated heterocycles. The average molecular weight is 354 g/mol. The van der Waals surface area contributed by atoms with Gasteiger partial charge >= 0.3 is 0 Å². The molecule has 138 valence electrons. The van der Waals surface area contributed by atoms with E-state index in [0.717, 1.165) is 54.6 Å². The molecule has 0 N–H and O–H groups in total. The molecule has 0 unspecified atom stereocenters. The van der Waals surface area contributed by atoms with Crippen molar-refractivity contribution in [1.29, 1.82) is 0 Å². The molecule has 1 aromatic heterocycles. The molecule has 0 spiro atoms. The molecule has 1 fully saturated rings. The quantitative estimate of drug-likeness (QED) is 0.791. The number of nitrogens with zero attached hydrogens (tertiary/aromatic N) is 4. The zero-order valence-electron chi connectivity index (χ0n) is 15.9. The number of methoxy groups -OCH3 is 1. The van der Waals surface area contributed by atoms with Gasteiger partial charge in [0.2, 0.25) is 5.91 Å². The summed E-state index contributed by atoms with van der Waals surface area (Å²) < 4.78 is 7.04. The fourth-order valence-electron chi connectivity index (χ4n) is 3.27. The predicted molar refractivity (Wildman–Crippen MR) is 104 cm³/mol. The summed E-state index contributed by atoms with van der Waals surface area (Å²) in [6.07, 6.45) is 3.55. The van der Waals surface area contributed by atoms with Crippen LogP contribution in [0.3, 0.4) is 0 Å². The summed E-state index contributed by atoms with van der Waals surface area (Å²) in [5.74, 6) is 0.913. The molecule has 0 radical (unpaired) electrons. The maximum Gasteiger partial charge on any atom is 0.246 e. The molecular weight excluding hydrogens is 328 g/mol. The minimum atomic E-state index is 0.0574. The summed E-state index contributed by atoms with van der Waals surface area (Å²) in [6.45, 7) is 7.08. The topological polar surface area (TPSA) is 50.6 Å². The first-order valence-electron chi connectivity index (χ1n) is 8.86. The molecule has 2 aromatic rings. The van der Waals surface area contributed by atoms with Gasteiger partial charge in [-0.1, -0.05) is 0 Å². The van der Waals surface area contributed by atoms with E-state index in [0.29, 0.717) is 0 Å². The number of aryl methyl sites for hydroxylation is 2. The average Bonchev–Trinajstić information content (AvgIpc) is 2.91. The molecule has 26 heavy (non-hydrogen) atoms. The number of piperazine rings is 1. The third kappa shape index (κ3) is 3.74. The lowest BCUT2D eigenvalue weighted by Crippen LogP contribution is -2.48. The Balaban J connectivity index is 1.58. The molecule has 2 heterocycles. The van der Waals surface area contributed by atoms with Crippen LogP contribution in [-0.2, 0) is 11.8 Å². The Bertz CT molecular complexity index is 800. The number of ether oxygens (including phenoxy) is 1. The first-order chi connectivity index (χ1) is 12.5. The molecule has 0 atom stereocenters. The van der Waals surface area contributed by atoms with Crippen LogP contribution in [0.25, 0.3) is 6.08 Å². The van der Waals surface area contributed by atoms with Gasteiger partial charge in [0.1, 0.15) is 5.75 Å². The van der Waals surface area contributed by atoms with Crippen molar-refractivity contribution in [2.45, 2.75) is 13.8 Å². The highest BCUT2D eigenvalue weighted by Gasteiger charge is 2.20. The number of hydrogen-bond donors (Lipinski definition) is 0. The molecule has 1 aliphatic rings. The summed E-state index contributed by atoms with van der Waals surface area (Å²) >= 11 is 0. The second-order valence-electron chi connectivity index (χ2n) is 6.55. The Morgan fingerprint density at radius 2 is 1.77 bits per heavy atom. The zero-order valence-corrected chi connectivity index (χ0v) is 15.9. The van der Waals surface area contributed by atoms with Gasteiger partial charge in [-0.25, -0.2) is 0 Å². The number of aromatic nitrogens is 2. The van der Waals surface area contributed by atoms with Gasteiger partial charge in [-0.3, -0.25) is 9.48 Å². The van der Waals surface area contributed by atoms with E-state index in [9.17, 15) is 4.79 Å². The van der Waals surface area contributed by atoms with Gasteiger partial charge in [0, 0.05) is 56.2 Å². The van der Waals surface area contributed by atoms with Crippen molar-refractivity contribution in [2.24, 2.45) is 7.05 Å². The summed E-state index contributed by atoms with van der Waals surface area (Å²) in [5.41, 5.74) is 4.20. The fraction of sp³-hybridized carbons (Fsp3) is 0.400. The van der Waals surface area contributed by atoms with E-state index in [2.05, 4.69) is 22.1 Å². The summed E-state index contributed by atoms with van der Waals surface area (Å²) in [6, 6.07) is 8.05. The van der Waals surface area contributed by atoms with Crippen LogP contribution in [0.4, 0.5) is 5.69 Å². The van der Waals surface area contributed by atoms with Gasteiger partial charge in [0.15, 0.2) is 0 Å². The minimum Gasteiger partial charge on any atom is -0.497 e. The molecule has 3 rings (SSSR count).